The molecule has 0 saturated carbocycles. The Kier molecular flexibility index (Phi) is 6.36. The van der Waals surface area contributed by atoms with Gasteiger partial charge in [0.2, 0.25) is 5.91 Å². The van der Waals surface area contributed by atoms with Crippen LogP contribution in [0.3, 0.4) is 0 Å². The number of hydrogen-bond acceptors (Lipinski definition) is 6. The highest BCUT2D eigenvalue weighted by Crippen LogP contribution is 2.29. The van der Waals surface area contributed by atoms with Gasteiger partial charge >= 0.3 is 0 Å². The van der Waals surface area contributed by atoms with E-state index < -0.39 is 10.0 Å². The first-order chi connectivity index (χ1) is 16.1. The molecule has 4 aromatic rings. The van der Waals surface area contributed by atoms with E-state index in [0.29, 0.717) is 27.6 Å². The molecule has 0 unspecified atom stereocenters. The summed E-state index contributed by atoms with van der Waals surface area (Å²) in [6, 6.07) is 18.2. The molecule has 4 rings (SSSR count). The van der Waals surface area contributed by atoms with Gasteiger partial charge in [-0.2, -0.15) is 0 Å². The molecule has 10 heteroatoms. The molecule has 2 N–H and O–H groups in total. The minimum absolute atomic E-state index is 0.197. The number of carbonyl (C=O) groups is 2. The van der Waals surface area contributed by atoms with Crippen LogP contribution in [0.15, 0.2) is 71.6 Å². The molecule has 1 heterocycles. The molecular formula is C24H22N4O4S2. The second kappa shape index (κ2) is 9.24. The Morgan fingerprint density at radius 2 is 1.62 bits per heavy atom. The Morgan fingerprint density at radius 3 is 2.26 bits per heavy atom. The lowest BCUT2D eigenvalue weighted by atomic mass is 10.2. The van der Waals surface area contributed by atoms with E-state index in [1.807, 2.05) is 6.92 Å². The maximum Gasteiger partial charge on any atom is 0.264 e. The van der Waals surface area contributed by atoms with Crippen molar-refractivity contribution in [2.75, 3.05) is 22.0 Å². The van der Waals surface area contributed by atoms with Crippen LogP contribution in [-0.2, 0) is 14.8 Å². The largest absolute Gasteiger partial charge is 0.322 e. The van der Waals surface area contributed by atoms with Gasteiger partial charge in [-0.1, -0.05) is 29.0 Å². The monoisotopic (exact) mass is 494 g/mol. The molecule has 0 atom stereocenters. The van der Waals surface area contributed by atoms with Crippen molar-refractivity contribution in [3.05, 3.63) is 77.9 Å². The van der Waals surface area contributed by atoms with Gasteiger partial charge in [0.25, 0.3) is 15.9 Å². The molecular weight excluding hydrogens is 472 g/mol. The van der Waals surface area contributed by atoms with Crippen LogP contribution in [0.25, 0.3) is 10.2 Å². The predicted octanol–water partition coefficient (Wildman–Crippen LogP) is 4.64. The van der Waals surface area contributed by atoms with Gasteiger partial charge in [-0.3, -0.25) is 13.9 Å². The first-order valence-corrected chi connectivity index (χ1v) is 12.5. The summed E-state index contributed by atoms with van der Waals surface area (Å²) in [5, 5.41) is 5.98. The smallest absolute Gasteiger partial charge is 0.264 e. The van der Waals surface area contributed by atoms with Crippen molar-refractivity contribution in [1.29, 1.82) is 0 Å². The molecule has 3 aromatic carbocycles. The summed E-state index contributed by atoms with van der Waals surface area (Å²) in [6.07, 6.45) is 0. The molecule has 0 radical (unpaired) electrons. The van der Waals surface area contributed by atoms with Crippen LogP contribution in [0.2, 0.25) is 0 Å². The van der Waals surface area contributed by atoms with E-state index in [9.17, 15) is 18.0 Å². The van der Waals surface area contributed by atoms with Crippen molar-refractivity contribution in [3.63, 3.8) is 0 Å². The van der Waals surface area contributed by atoms with E-state index in [4.69, 9.17) is 0 Å². The molecule has 0 spiro atoms. The lowest BCUT2D eigenvalue weighted by Crippen LogP contribution is -2.26. The highest BCUT2D eigenvalue weighted by molar-refractivity contribution is 7.92. The molecule has 34 heavy (non-hydrogen) atoms. The molecule has 0 saturated heterocycles. The van der Waals surface area contributed by atoms with Crippen LogP contribution in [-0.4, -0.2) is 32.3 Å². The van der Waals surface area contributed by atoms with E-state index >= 15 is 0 Å². The van der Waals surface area contributed by atoms with E-state index in [-0.39, 0.29) is 16.7 Å². The van der Waals surface area contributed by atoms with E-state index in [2.05, 4.69) is 15.6 Å². The standard InChI is InChI=1S/C24H22N4O4S2/c1-15-4-11-20(12-5-15)34(31,32)28(3)19-9-6-17(7-10-19)23(30)26-18-8-13-21-22(14-18)33-24(27-21)25-16(2)29/h4-14H,1-3H3,(H,26,30)(H,25,27,29). The summed E-state index contributed by atoms with van der Waals surface area (Å²) in [6.45, 7) is 3.31. The van der Waals surface area contributed by atoms with E-state index in [0.717, 1.165) is 10.3 Å². The van der Waals surface area contributed by atoms with Gasteiger partial charge in [0.05, 0.1) is 20.8 Å². The number of anilines is 3. The predicted molar refractivity (Wildman–Crippen MR) is 135 cm³/mol. The van der Waals surface area contributed by atoms with Gasteiger partial charge in [0, 0.05) is 25.2 Å². The lowest BCUT2D eigenvalue weighted by molar-refractivity contribution is -0.114. The number of rotatable bonds is 6. The minimum Gasteiger partial charge on any atom is -0.322 e. The number of sulfonamides is 1. The summed E-state index contributed by atoms with van der Waals surface area (Å²) < 4.78 is 27.8. The third kappa shape index (κ3) is 4.92. The summed E-state index contributed by atoms with van der Waals surface area (Å²) in [5.41, 5.74) is 3.09. The highest BCUT2D eigenvalue weighted by Gasteiger charge is 2.21. The van der Waals surface area contributed by atoms with Crippen LogP contribution < -0.4 is 14.9 Å². The van der Waals surface area contributed by atoms with Crippen molar-refractivity contribution in [3.8, 4) is 0 Å². The Balaban J connectivity index is 1.48. The number of benzene rings is 3. The zero-order chi connectivity index (χ0) is 24.5. The Labute approximate surface area is 201 Å². The fraction of sp³-hybridized carbons (Fsp3) is 0.125. The fourth-order valence-electron chi connectivity index (χ4n) is 3.24. The molecule has 1 aromatic heterocycles. The molecule has 0 bridgehead atoms. The number of aromatic nitrogens is 1. The summed E-state index contributed by atoms with van der Waals surface area (Å²) in [7, 11) is -2.24. The van der Waals surface area contributed by atoms with Crippen LogP contribution in [0.4, 0.5) is 16.5 Å². The van der Waals surface area contributed by atoms with Gasteiger partial charge < -0.3 is 10.6 Å². The average molecular weight is 495 g/mol. The molecule has 174 valence electrons. The average Bonchev–Trinajstić information content (AvgIpc) is 3.19. The summed E-state index contributed by atoms with van der Waals surface area (Å²) in [5.74, 6) is -0.533. The quantitative estimate of drug-likeness (QED) is 0.406. The maximum absolute atomic E-state index is 12.9. The van der Waals surface area contributed by atoms with Gasteiger partial charge in [0.1, 0.15) is 0 Å². The van der Waals surface area contributed by atoms with Crippen molar-refractivity contribution >= 4 is 59.9 Å². The van der Waals surface area contributed by atoms with Crippen LogP contribution in [0.5, 0.6) is 0 Å². The number of thiazole rings is 1. The first-order valence-electron chi connectivity index (χ1n) is 10.3. The Bertz CT molecular complexity index is 1480. The third-order valence-corrected chi connectivity index (χ3v) is 7.84. The number of aryl methyl sites for hydroxylation is 1. The topological polar surface area (TPSA) is 108 Å². The zero-order valence-corrected chi connectivity index (χ0v) is 20.3. The molecule has 8 nitrogen and oxygen atoms in total. The first kappa shape index (κ1) is 23.4. The molecule has 2 amide bonds. The molecule has 0 aliphatic carbocycles. The second-order valence-electron chi connectivity index (χ2n) is 7.67. The van der Waals surface area contributed by atoms with Gasteiger partial charge in [-0.05, 0) is 61.5 Å². The fourth-order valence-corrected chi connectivity index (χ4v) is 5.39. The van der Waals surface area contributed by atoms with Crippen molar-refractivity contribution in [2.24, 2.45) is 0 Å². The third-order valence-electron chi connectivity index (χ3n) is 5.10. The highest BCUT2D eigenvalue weighted by atomic mass is 32.2. The second-order valence-corrected chi connectivity index (χ2v) is 10.7. The van der Waals surface area contributed by atoms with Gasteiger partial charge in [-0.25, -0.2) is 13.4 Å². The normalized spacial score (nSPS) is 11.3. The van der Waals surface area contributed by atoms with Gasteiger partial charge in [-0.15, -0.1) is 0 Å². The van der Waals surface area contributed by atoms with Crippen LogP contribution in [0, 0.1) is 6.92 Å². The number of fused-ring (bicyclic) bond motifs is 1. The Hall–Kier alpha value is -3.76. The molecule has 0 aliphatic rings. The van der Waals surface area contributed by atoms with E-state index in [1.54, 1.807) is 66.7 Å². The molecule has 0 aliphatic heterocycles. The van der Waals surface area contributed by atoms with Crippen molar-refractivity contribution in [1.82, 2.24) is 4.98 Å². The summed E-state index contributed by atoms with van der Waals surface area (Å²) in [4.78, 5) is 28.5. The minimum atomic E-state index is -3.72. The number of nitrogens with one attached hydrogen (secondary N) is 2. The van der Waals surface area contributed by atoms with Crippen molar-refractivity contribution in [2.45, 2.75) is 18.7 Å². The van der Waals surface area contributed by atoms with Crippen molar-refractivity contribution < 1.29 is 18.0 Å². The summed E-state index contributed by atoms with van der Waals surface area (Å²) >= 11 is 1.31. The number of carbonyl (C=O) groups excluding carboxylic acids is 2. The zero-order valence-electron chi connectivity index (χ0n) is 18.7. The SMILES string of the molecule is CC(=O)Nc1nc2ccc(NC(=O)c3ccc(N(C)S(=O)(=O)c4ccc(C)cc4)cc3)cc2s1. The maximum atomic E-state index is 12.9. The van der Waals surface area contributed by atoms with Gasteiger partial charge in [0.15, 0.2) is 5.13 Å². The van der Waals surface area contributed by atoms with Crippen LogP contribution >= 0.6 is 11.3 Å². The molecule has 0 fully saturated rings. The Morgan fingerprint density at radius 1 is 0.941 bits per heavy atom. The number of amides is 2. The lowest BCUT2D eigenvalue weighted by Gasteiger charge is -2.20. The van der Waals surface area contributed by atoms with E-state index in [1.165, 1.54) is 29.6 Å². The number of hydrogen-bond donors (Lipinski definition) is 2. The number of nitrogens with zero attached hydrogens (tertiary/aromatic N) is 2. The van der Waals surface area contributed by atoms with Crippen LogP contribution in [0.1, 0.15) is 22.8 Å².